The molecule has 2 rings (SSSR count). The van der Waals surface area contributed by atoms with Crippen molar-refractivity contribution in [2.45, 2.75) is 6.92 Å². The maximum atomic E-state index is 11.5. The molecule has 0 bridgehead atoms. The molecule has 0 aliphatic heterocycles. The number of carbonyl (C=O) groups excluding carboxylic acids is 1. The number of carbonyl (C=O) groups is 1. The Hall–Kier alpha value is -2.15. The molecule has 0 amide bonds. The number of aromatic nitrogens is 1. The predicted octanol–water partition coefficient (Wildman–Crippen LogP) is 1.07. The number of fused-ring (bicyclic) bond motifs is 1. The fourth-order valence-electron chi connectivity index (χ4n) is 1.76. The number of pyridine rings is 1. The topological polar surface area (TPSA) is 93.3 Å². The number of hydrogen-bond acceptors (Lipinski definition) is 5. The molecule has 7 heteroatoms. The molecule has 6 nitrogen and oxygen atoms in total. The van der Waals surface area contributed by atoms with E-state index < -0.39 is 15.7 Å². The molecule has 1 N–H and O–H groups in total. The lowest BCUT2D eigenvalue weighted by atomic mass is 10.1. The molecule has 100 valence electrons. The number of rotatable bonds is 3. The summed E-state index contributed by atoms with van der Waals surface area (Å²) in [5, 5.41) is 0.438. The summed E-state index contributed by atoms with van der Waals surface area (Å²) in [5.74, 6) is -0.205. The standard InChI is InChI=1S/C12H11NO5S/c1-7(14)8-3-5-10(18-19(2,16)17)12-9(8)4-6-11(15)13-12/h3-6H,1-2H3,(H,13,15). The molecule has 1 heterocycles. The number of ketones is 1. The second-order valence-electron chi connectivity index (χ2n) is 4.07. The van der Waals surface area contributed by atoms with E-state index >= 15 is 0 Å². The first kappa shape index (κ1) is 13.3. The first-order valence-corrected chi connectivity index (χ1v) is 7.16. The summed E-state index contributed by atoms with van der Waals surface area (Å²) in [5.41, 5.74) is 0.157. The summed E-state index contributed by atoms with van der Waals surface area (Å²) >= 11 is 0. The van der Waals surface area contributed by atoms with Gasteiger partial charge in [-0.2, -0.15) is 8.42 Å². The molecule has 0 atom stereocenters. The van der Waals surface area contributed by atoms with Crippen LogP contribution in [-0.2, 0) is 10.1 Å². The fraction of sp³-hybridized carbons (Fsp3) is 0.167. The molecule has 2 aromatic rings. The van der Waals surface area contributed by atoms with E-state index in [1.807, 2.05) is 0 Å². The average molecular weight is 281 g/mol. The third-order valence-electron chi connectivity index (χ3n) is 2.48. The molecule has 0 aliphatic carbocycles. The van der Waals surface area contributed by atoms with E-state index in [0.717, 1.165) is 6.26 Å². The molecule has 0 unspecified atom stereocenters. The Morgan fingerprint density at radius 2 is 1.89 bits per heavy atom. The van der Waals surface area contributed by atoms with Crippen LogP contribution >= 0.6 is 0 Å². The van der Waals surface area contributed by atoms with Crippen LogP contribution in [0.15, 0.2) is 29.1 Å². The van der Waals surface area contributed by atoms with Gasteiger partial charge in [-0.05, 0) is 25.1 Å². The Morgan fingerprint density at radius 3 is 2.47 bits per heavy atom. The van der Waals surface area contributed by atoms with Crippen LogP contribution < -0.4 is 9.74 Å². The smallest absolute Gasteiger partial charge is 0.306 e. The monoisotopic (exact) mass is 281 g/mol. The lowest BCUT2D eigenvalue weighted by molar-refractivity contribution is 0.101. The van der Waals surface area contributed by atoms with E-state index in [9.17, 15) is 18.0 Å². The first-order valence-electron chi connectivity index (χ1n) is 5.34. The maximum absolute atomic E-state index is 11.5. The van der Waals surface area contributed by atoms with Crippen LogP contribution in [0.1, 0.15) is 17.3 Å². The van der Waals surface area contributed by atoms with Crippen molar-refractivity contribution in [2.75, 3.05) is 6.26 Å². The highest BCUT2D eigenvalue weighted by Crippen LogP contribution is 2.27. The van der Waals surface area contributed by atoms with Crippen LogP contribution in [0.5, 0.6) is 5.75 Å². The lowest BCUT2D eigenvalue weighted by Crippen LogP contribution is -2.10. The molecule has 0 saturated heterocycles. The van der Waals surface area contributed by atoms with Crippen molar-refractivity contribution in [1.82, 2.24) is 4.98 Å². The summed E-state index contributed by atoms with van der Waals surface area (Å²) in [7, 11) is -3.72. The van der Waals surface area contributed by atoms with E-state index in [1.165, 1.54) is 31.2 Å². The normalized spacial score (nSPS) is 11.5. The Kier molecular flexibility index (Phi) is 3.15. The number of benzene rings is 1. The zero-order valence-electron chi connectivity index (χ0n) is 10.3. The Balaban J connectivity index is 2.81. The summed E-state index contributed by atoms with van der Waals surface area (Å²) < 4.78 is 27.1. The van der Waals surface area contributed by atoms with Crippen molar-refractivity contribution in [3.63, 3.8) is 0 Å². The van der Waals surface area contributed by atoms with Gasteiger partial charge in [-0.15, -0.1) is 0 Å². The van der Waals surface area contributed by atoms with Crippen molar-refractivity contribution < 1.29 is 17.4 Å². The molecule has 0 aliphatic rings. The Labute approximate surface area is 109 Å². The first-order chi connectivity index (χ1) is 8.78. The van der Waals surface area contributed by atoms with E-state index in [4.69, 9.17) is 4.18 Å². The molecule has 0 fully saturated rings. The zero-order chi connectivity index (χ0) is 14.2. The third kappa shape index (κ3) is 2.82. The number of H-pyrrole nitrogens is 1. The maximum Gasteiger partial charge on any atom is 0.306 e. The summed E-state index contributed by atoms with van der Waals surface area (Å²) in [6.07, 6.45) is 0.902. The SMILES string of the molecule is CC(=O)c1ccc(OS(C)(=O)=O)c2[nH]c(=O)ccc12. The van der Waals surface area contributed by atoms with E-state index in [-0.39, 0.29) is 17.0 Å². The predicted molar refractivity (Wildman–Crippen MR) is 70.0 cm³/mol. The number of nitrogens with one attached hydrogen (secondary N) is 1. The van der Waals surface area contributed by atoms with E-state index in [2.05, 4.69) is 4.98 Å². The molecule has 1 aromatic heterocycles. The van der Waals surface area contributed by atoms with Gasteiger partial charge in [-0.1, -0.05) is 0 Å². The van der Waals surface area contributed by atoms with Crippen molar-refractivity contribution in [2.24, 2.45) is 0 Å². The molecular formula is C12H11NO5S. The largest absolute Gasteiger partial charge is 0.380 e. The van der Waals surface area contributed by atoms with Crippen LogP contribution in [0.3, 0.4) is 0 Å². The molecule has 19 heavy (non-hydrogen) atoms. The second kappa shape index (κ2) is 4.51. The molecular weight excluding hydrogens is 270 g/mol. The highest BCUT2D eigenvalue weighted by molar-refractivity contribution is 7.86. The second-order valence-corrected chi connectivity index (χ2v) is 5.64. The molecule has 0 saturated carbocycles. The van der Waals surface area contributed by atoms with Gasteiger partial charge in [0.25, 0.3) is 0 Å². The van der Waals surface area contributed by atoms with Crippen LogP contribution in [0.2, 0.25) is 0 Å². The summed E-state index contributed by atoms with van der Waals surface area (Å²) in [4.78, 5) is 25.3. The van der Waals surface area contributed by atoms with Crippen LogP contribution in [0.25, 0.3) is 10.9 Å². The van der Waals surface area contributed by atoms with Crippen LogP contribution in [-0.4, -0.2) is 25.4 Å². The molecule has 0 radical (unpaired) electrons. The third-order valence-corrected chi connectivity index (χ3v) is 2.96. The van der Waals surface area contributed by atoms with Gasteiger partial charge in [0.2, 0.25) is 5.56 Å². The summed E-state index contributed by atoms with van der Waals surface area (Å²) in [6, 6.07) is 5.53. The van der Waals surface area contributed by atoms with Crippen LogP contribution in [0, 0.1) is 0 Å². The van der Waals surface area contributed by atoms with Gasteiger partial charge in [0.1, 0.15) is 0 Å². The van der Waals surface area contributed by atoms with Gasteiger partial charge in [-0.25, -0.2) is 0 Å². The van der Waals surface area contributed by atoms with E-state index in [1.54, 1.807) is 0 Å². The van der Waals surface area contributed by atoms with Crippen molar-refractivity contribution in [3.05, 3.63) is 40.2 Å². The highest BCUT2D eigenvalue weighted by Gasteiger charge is 2.14. The number of Topliss-reactive ketones (excluding diaryl/α,β-unsaturated/α-hetero) is 1. The number of aromatic amines is 1. The van der Waals surface area contributed by atoms with E-state index in [0.29, 0.717) is 10.9 Å². The lowest BCUT2D eigenvalue weighted by Gasteiger charge is -2.09. The van der Waals surface area contributed by atoms with Gasteiger partial charge in [-0.3, -0.25) is 9.59 Å². The zero-order valence-corrected chi connectivity index (χ0v) is 11.1. The van der Waals surface area contributed by atoms with Gasteiger partial charge in [0, 0.05) is 17.0 Å². The van der Waals surface area contributed by atoms with Gasteiger partial charge in [0.15, 0.2) is 11.5 Å². The van der Waals surface area contributed by atoms with Crippen molar-refractivity contribution in [1.29, 1.82) is 0 Å². The average Bonchev–Trinajstić information content (AvgIpc) is 2.27. The van der Waals surface area contributed by atoms with Crippen molar-refractivity contribution >= 4 is 26.8 Å². The minimum absolute atomic E-state index is 0.0137. The molecule has 1 aromatic carbocycles. The Morgan fingerprint density at radius 1 is 1.21 bits per heavy atom. The van der Waals surface area contributed by atoms with Gasteiger partial charge < -0.3 is 9.17 Å². The minimum Gasteiger partial charge on any atom is -0.380 e. The number of hydrogen-bond donors (Lipinski definition) is 1. The quantitative estimate of drug-likeness (QED) is 0.671. The Bertz CT molecular complexity index is 820. The fourth-order valence-corrected chi connectivity index (χ4v) is 2.23. The highest BCUT2D eigenvalue weighted by atomic mass is 32.2. The molecule has 0 spiro atoms. The van der Waals surface area contributed by atoms with Gasteiger partial charge in [0.05, 0.1) is 11.8 Å². The van der Waals surface area contributed by atoms with Gasteiger partial charge >= 0.3 is 10.1 Å². The summed E-state index contributed by atoms with van der Waals surface area (Å²) in [6.45, 7) is 1.39. The van der Waals surface area contributed by atoms with Crippen LogP contribution in [0.4, 0.5) is 0 Å². The van der Waals surface area contributed by atoms with Crippen molar-refractivity contribution in [3.8, 4) is 5.75 Å². The minimum atomic E-state index is -3.72.